The maximum absolute atomic E-state index is 13.0. The van der Waals surface area contributed by atoms with Crippen LogP contribution in [0, 0.1) is 5.82 Å². The van der Waals surface area contributed by atoms with Crippen molar-refractivity contribution in [3.63, 3.8) is 0 Å². The van der Waals surface area contributed by atoms with Crippen molar-refractivity contribution in [2.75, 3.05) is 6.54 Å². The van der Waals surface area contributed by atoms with Crippen LogP contribution in [0.5, 0.6) is 5.75 Å². The number of hydrogen-bond acceptors (Lipinski definition) is 3. The van der Waals surface area contributed by atoms with Gasteiger partial charge in [0, 0.05) is 6.04 Å². The third kappa shape index (κ3) is 4.11. The number of benzene rings is 2. The molecule has 1 saturated carbocycles. The molecule has 0 spiro atoms. The number of aliphatic hydroxyl groups excluding tert-OH is 1. The van der Waals surface area contributed by atoms with E-state index in [1.807, 2.05) is 0 Å². The number of carbonyl (C=O) groups excluding carboxylic acids is 1. The van der Waals surface area contributed by atoms with Crippen molar-refractivity contribution in [1.82, 2.24) is 4.90 Å². The summed E-state index contributed by atoms with van der Waals surface area (Å²) >= 11 is 0. The van der Waals surface area contributed by atoms with Gasteiger partial charge in [0.25, 0.3) is 0 Å². The molecule has 4 nitrogen and oxygen atoms in total. The van der Waals surface area contributed by atoms with Gasteiger partial charge < -0.3 is 15.1 Å². The summed E-state index contributed by atoms with van der Waals surface area (Å²) in [5.41, 5.74) is 1.33. The van der Waals surface area contributed by atoms with Crippen LogP contribution in [0.2, 0.25) is 0 Å². The van der Waals surface area contributed by atoms with Gasteiger partial charge in [-0.05, 0) is 48.2 Å². The summed E-state index contributed by atoms with van der Waals surface area (Å²) in [5.74, 6) is -0.307. The number of nitrogens with zero attached hydrogens (tertiary/aromatic N) is 1. The topological polar surface area (TPSA) is 60.8 Å². The Morgan fingerprint density at radius 1 is 1.21 bits per heavy atom. The zero-order valence-corrected chi connectivity index (χ0v) is 13.2. The number of halogens is 1. The monoisotopic (exact) mass is 329 g/mol. The van der Waals surface area contributed by atoms with Gasteiger partial charge in [0.05, 0.1) is 19.1 Å². The fourth-order valence-electron chi connectivity index (χ4n) is 2.76. The van der Waals surface area contributed by atoms with Gasteiger partial charge in [-0.25, -0.2) is 4.39 Å². The predicted octanol–water partition coefficient (Wildman–Crippen LogP) is 2.80. The summed E-state index contributed by atoms with van der Waals surface area (Å²) in [6.07, 6.45) is 1.20. The van der Waals surface area contributed by atoms with Gasteiger partial charge in [0.15, 0.2) is 0 Å². The lowest BCUT2D eigenvalue weighted by Crippen LogP contribution is -2.37. The summed E-state index contributed by atoms with van der Waals surface area (Å²) in [5, 5.41) is 19.9. The van der Waals surface area contributed by atoms with Crippen LogP contribution in [-0.2, 0) is 11.2 Å². The van der Waals surface area contributed by atoms with Crippen molar-refractivity contribution < 1.29 is 19.4 Å². The van der Waals surface area contributed by atoms with Crippen LogP contribution >= 0.6 is 0 Å². The van der Waals surface area contributed by atoms with Crippen LogP contribution in [0.25, 0.3) is 0 Å². The van der Waals surface area contributed by atoms with E-state index >= 15 is 0 Å². The minimum absolute atomic E-state index is 0.0794. The minimum atomic E-state index is -0.848. The van der Waals surface area contributed by atoms with Gasteiger partial charge in [-0.3, -0.25) is 4.79 Å². The van der Waals surface area contributed by atoms with Crippen LogP contribution in [0.4, 0.5) is 4.39 Å². The quantitative estimate of drug-likeness (QED) is 0.857. The summed E-state index contributed by atoms with van der Waals surface area (Å²) in [6.45, 7) is 0.188. The van der Waals surface area contributed by atoms with Crippen LogP contribution in [0.3, 0.4) is 0 Å². The molecule has 5 heteroatoms. The molecule has 24 heavy (non-hydrogen) atoms. The number of aromatic hydroxyl groups is 1. The van der Waals surface area contributed by atoms with Gasteiger partial charge >= 0.3 is 0 Å². The van der Waals surface area contributed by atoms with Crippen molar-refractivity contribution in [2.24, 2.45) is 0 Å². The highest BCUT2D eigenvalue weighted by atomic mass is 19.1. The highest BCUT2D eigenvalue weighted by molar-refractivity contribution is 5.79. The van der Waals surface area contributed by atoms with Crippen molar-refractivity contribution in [3.05, 3.63) is 65.5 Å². The Kier molecular flexibility index (Phi) is 4.81. The highest BCUT2D eigenvalue weighted by Gasteiger charge is 2.33. The molecule has 0 radical (unpaired) electrons. The van der Waals surface area contributed by atoms with Crippen LogP contribution in [-0.4, -0.2) is 33.6 Å². The van der Waals surface area contributed by atoms with Crippen molar-refractivity contribution in [1.29, 1.82) is 0 Å². The first-order valence-corrected chi connectivity index (χ1v) is 8.04. The van der Waals surface area contributed by atoms with E-state index in [1.165, 1.54) is 24.3 Å². The number of hydrogen-bond donors (Lipinski definition) is 2. The smallest absolute Gasteiger partial charge is 0.227 e. The molecule has 0 heterocycles. The predicted molar refractivity (Wildman–Crippen MR) is 87.9 cm³/mol. The molecule has 2 aromatic carbocycles. The summed E-state index contributed by atoms with van der Waals surface area (Å²) in [7, 11) is 0. The molecule has 1 amide bonds. The Bertz CT molecular complexity index is 713. The van der Waals surface area contributed by atoms with Gasteiger partial charge in [0.2, 0.25) is 5.91 Å². The number of aliphatic hydroxyl groups is 1. The molecule has 1 fully saturated rings. The minimum Gasteiger partial charge on any atom is -0.508 e. The van der Waals surface area contributed by atoms with E-state index in [0.717, 1.165) is 18.4 Å². The molecule has 1 aliphatic rings. The number of phenolic OH excluding ortho intramolecular Hbond substituents is 1. The van der Waals surface area contributed by atoms with E-state index < -0.39 is 6.10 Å². The Labute approximate surface area is 140 Å². The van der Waals surface area contributed by atoms with Gasteiger partial charge in [-0.15, -0.1) is 0 Å². The van der Waals surface area contributed by atoms with Gasteiger partial charge in [-0.2, -0.15) is 0 Å². The van der Waals surface area contributed by atoms with E-state index in [2.05, 4.69) is 0 Å². The Balaban J connectivity index is 1.68. The molecule has 126 valence electrons. The lowest BCUT2D eigenvalue weighted by atomic mass is 10.1. The molecule has 1 unspecified atom stereocenters. The van der Waals surface area contributed by atoms with Crippen molar-refractivity contribution in [2.45, 2.75) is 31.4 Å². The largest absolute Gasteiger partial charge is 0.508 e. The molecule has 3 rings (SSSR count). The third-order valence-electron chi connectivity index (χ3n) is 4.20. The molecule has 2 N–H and O–H groups in total. The normalized spacial score (nSPS) is 15.1. The molecular formula is C19H20FNO3. The van der Waals surface area contributed by atoms with E-state index in [1.54, 1.807) is 29.2 Å². The molecule has 0 bridgehead atoms. The fourth-order valence-corrected chi connectivity index (χ4v) is 2.76. The number of amides is 1. The molecule has 1 aliphatic carbocycles. The van der Waals surface area contributed by atoms with E-state index in [-0.39, 0.29) is 36.5 Å². The van der Waals surface area contributed by atoms with Crippen LogP contribution in [0.15, 0.2) is 48.5 Å². The molecule has 0 aromatic heterocycles. The van der Waals surface area contributed by atoms with Crippen molar-refractivity contribution in [3.8, 4) is 5.75 Å². The van der Waals surface area contributed by atoms with Crippen LogP contribution in [0.1, 0.15) is 30.1 Å². The molecule has 2 aromatic rings. The second-order valence-corrected chi connectivity index (χ2v) is 6.19. The van der Waals surface area contributed by atoms with E-state index in [9.17, 15) is 19.4 Å². The Morgan fingerprint density at radius 2 is 1.92 bits per heavy atom. The van der Waals surface area contributed by atoms with Gasteiger partial charge in [-0.1, -0.05) is 24.3 Å². The number of phenols is 1. The van der Waals surface area contributed by atoms with Crippen LogP contribution < -0.4 is 0 Å². The molecular weight excluding hydrogens is 309 g/mol. The fraction of sp³-hybridized carbons (Fsp3) is 0.316. The van der Waals surface area contributed by atoms with E-state index in [4.69, 9.17) is 0 Å². The first-order chi connectivity index (χ1) is 11.5. The van der Waals surface area contributed by atoms with Gasteiger partial charge in [0.1, 0.15) is 11.6 Å². The highest BCUT2D eigenvalue weighted by Crippen LogP contribution is 2.30. The first-order valence-electron chi connectivity index (χ1n) is 8.04. The maximum atomic E-state index is 13.0. The Hall–Kier alpha value is -2.40. The second-order valence-electron chi connectivity index (χ2n) is 6.19. The average Bonchev–Trinajstić information content (AvgIpc) is 3.37. The van der Waals surface area contributed by atoms with Crippen molar-refractivity contribution >= 4 is 5.91 Å². The molecule has 0 aliphatic heterocycles. The third-order valence-corrected chi connectivity index (χ3v) is 4.20. The van der Waals surface area contributed by atoms with E-state index in [0.29, 0.717) is 5.56 Å². The second kappa shape index (κ2) is 7.01. The summed E-state index contributed by atoms with van der Waals surface area (Å²) < 4.78 is 13.0. The zero-order valence-electron chi connectivity index (χ0n) is 13.2. The molecule has 0 saturated heterocycles. The number of carbonyl (C=O) groups is 1. The Morgan fingerprint density at radius 3 is 2.54 bits per heavy atom. The number of rotatable bonds is 6. The lowest BCUT2D eigenvalue weighted by molar-refractivity contribution is -0.132. The SMILES string of the molecule is O=C(Cc1cccc(O)c1)N(CC(O)c1ccc(F)cc1)C1CC1. The summed E-state index contributed by atoms with van der Waals surface area (Å²) in [6, 6.07) is 12.4. The summed E-state index contributed by atoms with van der Waals surface area (Å²) in [4.78, 5) is 14.3. The maximum Gasteiger partial charge on any atom is 0.227 e. The standard InChI is InChI=1S/C19H20FNO3/c20-15-6-4-14(5-7-15)18(23)12-21(16-8-9-16)19(24)11-13-2-1-3-17(22)10-13/h1-7,10,16,18,22-23H,8-9,11-12H2. The lowest BCUT2D eigenvalue weighted by Gasteiger charge is -2.25. The zero-order chi connectivity index (χ0) is 17.1. The molecule has 1 atom stereocenters. The average molecular weight is 329 g/mol. The first kappa shape index (κ1) is 16.5.